The molecule has 86 valence electrons. The molecule has 4 nitrogen and oxygen atoms in total. The summed E-state index contributed by atoms with van der Waals surface area (Å²) in [6.07, 6.45) is 0.904. The van der Waals surface area contributed by atoms with E-state index in [4.69, 9.17) is 0 Å². The van der Waals surface area contributed by atoms with Gasteiger partial charge in [0, 0.05) is 22.8 Å². The van der Waals surface area contributed by atoms with E-state index in [2.05, 4.69) is 0 Å². The minimum Gasteiger partial charge on any atom is -0.294 e. The molecule has 4 heteroatoms. The zero-order valence-electron chi connectivity index (χ0n) is 9.26. The second-order valence-electron chi connectivity index (χ2n) is 3.78. The third kappa shape index (κ3) is 3.81. The van der Waals surface area contributed by atoms with Gasteiger partial charge in [-0.15, -0.1) is 0 Å². The van der Waals surface area contributed by atoms with E-state index in [0.717, 1.165) is 0 Å². The molecule has 0 heterocycles. The Labute approximate surface area is 94.4 Å². The van der Waals surface area contributed by atoms with Crippen LogP contribution >= 0.6 is 0 Å². The van der Waals surface area contributed by atoms with E-state index in [-0.39, 0.29) is 29.6 Å². The minimum atomic E-state index is -0.355. The van der Waals surface area contributed by atoms with E-state index in [1.54, 1.807) is 24.3 Å². The van der Waals surface area contributed by atoms with Gasteiger partial charge in [-0.25, -0.2) is 0 Å². The number of nitro groups is 1. The van der Waals surface area contributed by atoms with Crippen LogP contribution in [0.25, 0.3) is 0 Å². The van der Waals surface area contributed by atoms with Gasteiger partial charge < -0.3 is 0 Å². The molecule has 1 aromatic rings. The number of rotatable bonds is 6. The van der Waals surface area contributed by atoms with Crippen molar-refractivity contribution in [2.45, 2.75) is 19.8 Å². The lowest BCUT2D eigenvalue weighted by Gasteiger charge is -2.08. The lowest BCUT2D eigenvalue weighted by molar-refractivity contribution is -0.488. The fraction of sp³-hybridized carbons (Fsp3) is 0.417. The predicted molar refractivity (Wildman–Crippen MR) is 61.0 cm³/mol. The highest BCUT2D eigenvalue weighted by Crippen LogP contribution is 2.13. The van der Waals surface area contributed by atoms with Crippen LogP contribution in [0.3, 0.4) is 0 Å². The van der Waals surface area contributed by atoms with Crippen molar-refractivity contribution in [3.8, 4) is 0 Å². The zero-order valence-corrected chi connectivity index (χ0v) is 9.26. The van der Waals surface area contributed by atoms with Crippen molar-refractivity contribution in [3.05, 3.63) is 46.0 Å². The molecule has 0 amide bonds. The van der Waals surface area contributed by atoms with Crippen LogP contribution in [-0.4, -0.2) is 17.3 Å². The van der Waals surface area contributed by atoms with E-state index in [9.17, 15) is 14.9 Å². The van der Waals surface area contributed by atoms with Crippen LogP contribution in [0.2, 0.25) is 0 Å². The Kier molecular flexibility index (Phi) is 4.64. The van der Waals surface area contributed by atoms with Crippen LogP contribution < -0.4 is 0 Å². The van der Waals surface area contributed by atoms with Gasteiger partial charge in [-0.05, 0) is 6.42 Å². The van der Waals surface area contributed by atoms with Crippen LogP contribution in [0.4, 0.5) is 0 Å². The number of hydrogen-bond acceptors (Lipinski definition) is 3. The van der Waals surface area contributed by atoms with Gasteiger partial charge in [-0.3, -0.25) is 14.9 Å². The van der Waals surface area contributed by atoms with Crippen LogP contribution in [0, 0.1) is 16.0 Å². The second kappa shape index (κ2) is 6.00. The molecule has 16 heavy (non-hydrogen) atoms. The van der Waals surface area contributed by atoms with Crippen molar-refractivity contribution >= 4 is 5.78 Å². The van der Waals surface area contributed by atoms with Gasteiger partial charge >= 0.3 is 0 Å². The SMILES string of the molecule is CC[C@H](CC(=O)c1ccccc1)C[N+](=O)[O-]. The smallest absolute Gasteiger partial charge is 0.207 e. The third-order valence-electron chi connectivity index (χ3n) is 2.55. The third-order valence-corrected chi connectivity index (χ3v) is 2.55. The summed E-state index contributed by atoms with van der Waals surface area (Å²) in [5.74, 6) is -0.183. The fourth-order valence-corrected chi connectivity index (χ4v) is 1.55. The van der Waals surface area contributed by atoms with Crippen LogP contribution in [0.15, 0.2) is 30.3 Å². The van der Waals surface area contributed by atoms with E-state index in [0.29, 0.717) is 12.0 Å². The first-order chi connectivity index (χ1) is 7.63. The molecule has 0 saturated carbocycles. The summed E-state index contributed by atoms with van der Waals surface area (Å²) in [7, 11) is 0. The molecular formula is C12H15NO3. The number of hydrogen-bond donors (Lipinski definition) is 0. The van der Waals surface area contributed by atoms with Crippen molar-refractivity contribution in [3.63, 3.8) is 0 Å². The van der Waals surface area contributed by atoms with Crippen LogP contribution in [0.1, 0.15) is 30.1 Å². The summed E-state index contributed by atoms with van der Waals surface area (Å²) in [4.78, 5) is 21.8. The average molecular weight is 221 g/mol. The number of benzene rings is 1. The van der Waals surface area contributed by atoms with E-state index in [1.807, 2.05) is 13.0 Å². The summed E-state index contributed by atoms with van der Waals surface area (Å²) in [6.45, 7) is 1.74. The number of carbonyl (C=O) groups excluding carboxylic acids is 1. The first-order valence-electron chi connectivity index (χ1n) is 5.33. The molecular weight excluding hydrogens is 206 g/mol. The van der Waals surface area contributed by atoms with E-state index >= 15 is 0 Å². The molecule has 0 radical (unpaired) electrons. The maximum Gasteiger partial charge on any atom is 0.207 e. The average Bonchev–Trinajstić information content (AvgIpc) is 2.28. The maximum absolute atomic E-state index is 11.8. The molecule has 0 aliphatic heterocycles. The summed E-state index contributed by atoms with van der Waals surface area (Å²) in [5.41, 5.74) is 0.629. The van der Waals surface area contributed by atoms with Gasteiger partial charge in [0.1, 0.15) is 0 Å². The van der Waals surface area contributed by atoms with Crippen molar-refractivity contribution in [2.75, 3.05) is 6.54 Å². The molecule has 0 spiro atoms. The Bertz CT molecular complexity index is 362. The highest BCUT2D eigenvalue weighted by atomic mass is 16.6. The number of ketones is 1. The van der Waals surface area contributed by atoms with Gasteiger partial charge in [-0.2, -0.15) is 0 Å². The van der Waals surface area contributed by atoms with Crippen LogP contribution in [-0.2, 0) is 0 Å². The summed E-state index contributed by atoms with van der Waals surface area (Å²) in [5, 5.41) is 10.4. The zero-order chi connectivity index (χ0) is 12.0. The minimum absolute atomic E-state index is 0.0192. The molecule has 0 aromatic heterocycles. The first kappa shape index (κ1) is 12.4. The van der Waals surface area contributed by atoms with Crippen molar-refractivity contribution in [1.82, 2.24) is 0 Å². The van der Waals surface area contributed by atoms with Gasteiger partial charge in [-0.1, -0.05) is 37.3 Å². The largest absolute Gasteiger partial charge is 0.294 e. The number of carbonyl (C=O) groups is 1. The van der Waals surface area contributed by atoms with Gasteiger partial charge in [0.2, 0.25) is 6.54 Å². The van der Waals surface area contributed by atoms with Gasteiger partial charge in [0.15, 0.2) is 5.78 Å². The molecule has 0 N–H and O–H groups in total. The molecule has 1 aromatic carbocycles. The highest BCUT2D eigenvalue weighted by molar-refractivity contribution is 5.96. The normalized spacial score (nSPS) is 12.1. The standard InChI is InChI=1S/C12H15NO3/c1-2-10(9-13(15)16)8-12(14)11-6-4-3-5-7-11/h3-7,10H,2,8-9H2,1H3/t10-/m1/s1. The number of nitrogens with zero attached hydrogens (tertiary/aromatic N) is 1. The molecule has 0 aliphatic carbocycles. The topological polar surface area (TPSA) is 60.2 Å². The Morgan fingerprint density at radius 1 is 1.38 bits per heavy atom. The lowest BCUT2D eigenvalue weighted by atomic mass is 9.96. The van der Waals surface area contributed by atoms with Crippen molar-refractivity contribution in [2.24, 2.45) is 5.92 Å². The summed E-state index contributed by atoms with van der Waals surface area (Å²) < 4.78 is 0. The summed E-state index contributed by atoms with van der Waals surface area (Å²) >= 11 is 0. The van der Waals surface area contributed by atoms with E-state index < -0.39 is 0 Å². The molecule has 1 atom stereocenters. The molecule has 0 saturated heterocycles. The predicted octanol–water partition coefficient (Wildman–Crippen LogP) is 2.56. The summed E-state index contributed by atoms with van der Waals surface area (Å²) in [6, 6.07) is 8.90. The fourth-order valence-electron chi connectivity index (χ4n) is 1.55. The quantitative estimate of drug-likeness (QED) is 0.421. The Morgan fingerprint density at radius 3 is 2.50 bits per heavy atom. The molecule has 1 rings (SSSR count). The monoisotopic (exact) mass is 221 g/mol. The first-order valence-corrected chi connectivity index (χ1v) is 5.33. The van der Waals surface area contributed by atoms with Crippen molar-refractivity contribution < 1.29 is 9.72 Å². The van der Waals surface area contributed by atoms with Gasteiger partial charge in [0.05, 0.1) is 0 Å². The molecule has 0 bridgehead atoms. The number of Topliss-reactive ketones (excluding diaryl/α,β-unsaturated/α-hetero) is 1. The van der Waals surface area contributed by atoms with Gasteiger partial charge in [0.25, 0.3) is 0 Å². The van der Waals surface area contributed by atoms with Crippen LogP contribution in [0.5, 0.6) is 0 Å². The highest BCUT2D eigenvalue weighted by Gasteiger charge is 2.18. The molecule has 0 unspecified atom stereocenters. The lowest BCUT2D eigenvalue weighted by Crippen LogP contribution is -2.17. The molecule has 0 fully saturated rings. The Morgan fingerprint density at radius 2 is 2.00 bits per heavy atom. The van der Waals surface area contributed by atoms with E-state index in [1.165, 1.54) is 0 Å². The Balaban J connectivity index is 2.59. The Hall–Kier alpha value is -1.71. The van der Waals surface area contributed by atoms with Crippen molar-refractivity contribution in [1.29, 1.82) is 0 Å². The second-order valence-corrected chi connectivity index (χ2v) is 3.78. The maximum atomic E-state index is 11.8. The molecule has 0 aliphatic rings.